The minimum absolute atomic E-state index is 0.160. The Bertz CT molecular complexity index is 477. The first-order valence-corrected chi connectivity index (χ1v) is 6.09. The standard InChI is InChI=1S/C9H9ClO3S/c1-6-8(14(2,12)13)4-3-7(5-11)9(6)10/h3-5H,1-2H3. The third kappa shape index (κ3) is 1.96. The van der Waals surface area contributed by atoms with E-state index < -0.39 is 9.84 Å². The van der Waals surface area contributed by atoms with Crippen molar-refractivity contribution in [2.45, 2.75) is 11.8 Å². The molecule has 0 aliphatic carbocycles. The number of sulfone groups is 1. The molecule has 0 amide bonds. The maximum absolute atomic E-state index is 11.3. The molecule has 0 aromatic heterocycles. The van der Waals surface area contributed by atoms with Crippen LogP contribution in [0.4, 0.5) is 0 Å². The third-order valence-electron chi connectivity index (χ3n) is 1.89. The average molecular weight is 233 g/mol. The summed E-state index contributed by atoms with van der Waals surface area (Å²) in [5.74, 6) is 0. The van der Waals surface area contributed by atoms with E-state index in [1.165, 1.54) is 12.1 Å². The number of benzene rings is 1. The van der Waals surface area contributed by atoms with Crippen LogP contribution in [0.25, 0.3) is 0 Å². The van der Waals surface area contributed by atoms with E-state index in [2.05, 4.69) is 0 Å². The maximum atomic E-state index is 11.3. The van der Waals surface area contributed by atoms with Gasteiger partial charge >= 0.3 is 0 Å². The van der Waals surface area contributed by atoms with Crippen molar-refractivity contribution in [3.8, 4) is 0 Å². The van der Waals surface area contributed by atoms with Crippen LogP contribution >= 0.6 is 11.6 Å². The molecule has 0 bridgehead atoms. The molecule has 0 aliphatic heterocycles. The molecule has 0 saturated carbocycles. The van der Waals surface area contributed by atoms with Gasteiger partial charge in [-0.25, -0.2) is 8.42 Å². The third-order valence-corrected chi connectivity index (χ3v) is 3.64. The van der Waals surface area contributed by atoms with Crippen molar-refractivity contribution in [1.29, 1.82) is 0 Å². The number of halogens is 1. The van der Waals surface area contributed by atoms with E-state index in [0.717, 1.165) is 6.26 Å². The minimum Gasteiger partial charge on any atom is -0.298 e. The average Bonchev–Trinajstić information content (AvgIpc) is 2.07. The van der Waals surface area contributed by atoms with E-state index in [9.17, 15) is 13.2 Å². The summed E-state index contributed by atoms with van der Waals surface area (Å²) in [6, 6.07) is 2.79. The molecular formula is C9H9ClO3S. The van der Waals surface area contributed by atoms with Gasteiger partial charge in [-0.05, 0) is 24.6 Å². The summed E-state index contributed by atoms with van der Waals surface area (Å²) in [4.78, 5) is 10.7. The van der Waals surface area contributed by atoms with Crippen LogP contribution in [-0.2, 0) is 9.84 Å². The summed E-state index contributed by atoms with van der Waals surface area (Å²) in [6.45, 7) is 1.58. The van der Waals surface area contributed by atoms with Crippen LogP contribution in [0.2, 0.25) is 5.02 Å². The Hall–Kier alpha value is -0.870. The summed E-state index contributed by atoms with van der Waals surface area (Å²) < 4.78 is 22.5. The molecule has 0 atom stereocenters. The van der Waals surface area contributed by atoms with E-state index >= 15 is 0 Å². The predicted molar refractivity (Wildman–Crippen MR) is 54.7 cm³/mol. The second-order valence-electron chi connectivity index (χ2n) is 2.98. The van der Waals surface area contributed by atoms with Crippen LogP contribution in [0.15, 0.2) is 17.0 Å². The fourth-order valence-electron chi connectivity index (χ4n) is 1.18. The monoisotopic (exact) mass is 232 g/mol. The van der Waals surface area contributed by atoms with Gasteiger partial charge in [0, 0.05) is 11.8 Å². The van der Waals surface area contributed by atoms with E-state index in [1.807, 2.05) is 0 Å². The molecule has 1 aromatic carbocycles. The highest BCUT2D eigenvalue weighted by atomic mass is 35.5. The number of hydrogen-bond acceptors (Lipinski definition) is 3. The quantitative estimate of drug-likeness (QED) is 0.732. The minimum atomic E-state index is -3.28. The molecule has 3 nitrogen and oxygen atoms in total. The molecule has 0 fully saturated rings. The first-order chi connectivity index (χ1) is 6.38. The van der Waals surface area contributed by atoms with Gasteiger partial charge in [-0.15, -0.1) is 0 Å². The molecule has 0 N–H and O–H groups in total. The van der Waals surface area contributed by atoms with Crippen molar-refractivity contribution in [1.82, 2.24) is 0 Å². The second kappa shape index (κ2) is 3.71. The molecule has 76 valence electrons. The van der Waals surface area contributed by atoms with Crippen LogP contribution in [0.5, 0.6) is 0 Å². The van der Waals surface area contributed by atoms with Gasteiger partial charge in [0.05, 0.1) is 9.92 Å². The van der Waals surface area contributed by atoms with E-state index in [4.69, 9.17) is 11.6 Å². The van der Waals surface area contributed by atoms with E-state index in [1.54, 1.807) is 6.92 Å². The topological polar surface area (TPSA) is 51.2 Å². The van der Waals surface area contributed by atoms with E-state index in [-0.39, 0.29) is 9.92 Å². The van der Waals surface area contributed by atoms with Crippen molar-refractivity contribution in [3.05, 3.63) is 28.3 Å². The Labute approximate surface area is 87.6 Å². The zero-order chi connectivity index (χ0) is 10.9. The molecule has 0 unspecified atom stereocenters. The molecule has 0 radical (unpaired) electrons. The van der Waals surface area contributed by atoms with Crippen molar-refractivity contribution in [2.75, 3.05) is 6.26 Å². The second-order valence-corrected chi connectivity index (χ2v) is 5.34. The number of hydrogen-bond donors (Lipinski definition) is 0. The van der Waals surface area contributed by atoms with Gasteiger partial charge in [0.15, 0.2) is 16.1 Å². The van der Waals surface area contributed by atoms with Gasteiger partial charge in [-0.1, -0.05) is 11.6 Å². The summed E-state index contributed by atoms with van der Waals surface area (Å²) >= 11 is 5.81. The number of rotatable bonds is 2. The van der Waals surface area contributed by atoms with Crippen LogP contribution in [0.1, 0.15) is 15.9 Å². The van der Waals surface area contributed by atoms with Gasteiger partial charge in [0.25, 0.3) is 0 Å². The van der Waals surface area contributed by atoms with Crippen molar-refractivity contribution < 1.29 is 13.2 Å². The Morgan fingerprint density at radius 3 is 2.36 bits per heavy atom. The normalized spacial score (nSPS) is 11.4. The Kier molecular flexibility index (Phi) is 2.97. The molecule has 0 heterocycles. The fraction of sp³-hybridized carbons (Fsp3) is 0.222. The van der Waals surface area contributed by atoms with Gasteiger partial charge in [0.1, 0.15) is 0 Å². The highest BCUT2D eigenvalue weighted by molar-refractivity contribution is 7.90. The molecule has 0 saturated heterocycles. The first kappa shape index (κ1) is 11.2. The number of aldehydes is 1. The lowest BCUT2D eigenvalue weighted by atomic mass is 10.1. The molecule has 5 heteroatoms. The predicted octanol–water partition coefficient (Wildman–Crippen LogP) is 1.86. The van der Waals surface area contributed by atoms with Crippen molar-refractivity contribution in [3.63, 3.8) is 0 Å². The van der Waals surface area contributed by atoms with E-state index in [0.29, 0.717) is 17.4 Å². The Balaban J connectivity index is 3.54. The summed E-state index contributed by atoms with van der Waals surface area (Å²) in [6.07, 6.45) is 1.70. The summed E-state index contributed by atoms with van der Waals surface area (Å²) in [7, 11) is -3.28. The molecule has 0 aliphatic rings. The SMILES string of the molecule is Cc1c(S(C)(=O)=O)ccc(C=O)c1Cl. The first-order valence-electron chi connectivity index (χ1n) is 3.82. The molecule has 0 spiro atoms. The lowest BCUT2D eigenvalue weighted by Gasteiger charge is -2.06. The fourth-order valence-corrected chi connectivity index (χ4v) is 2.42. The molecule has 14 heavy (non-hydrogen) atoms. The van der Waals surface area contributed by atoms with Crippen molar-refractivity contribution in [2.24, 2.45) is 0 Å². The highest BCUT2D eigenvalue weighted by Crippen LogP contribution is 2.25. The maximum Gasteiger partial charge on any atom is 0.175 e. The lowest BCUT2D eigenvalue weighted by Crippen LogP contribution is -2.01. The van der Waals surface area contributed by atoms with Gasteiger partial charge < -0.3 is 0 Å². The zero-order valence-corrected chi connectivity index (χ0v) is 9.32. The molecular weight excluding hydrogens is 224 g/mol. The van der Waals surface area contributed by atoms with Crippen LogP contribution in [0.3, 0.4) is 0 Å². The number of carbonyl (C=O) groups excluding carboxylic acids is 1. The summed E-state index contributed by atoms with van der Waals surface area (Å²) in [5.41, 5.74) is 0.718. The highest BCUT2D eigenvalue weighted by Gasteiger charge is 2.14. The zero-order valence-electron chi connectivity index (χ0n) is 7.74. The van der Waals surface area contributed by atoms with Gasteiger partial charge in [0.2, 0.25) is 0 Å². The summed E-state index contributed by atoms with van der Waals surface area (Å²) in [5, 5.41) is 0.197. The largest absolute Gasteiger partial charge is 0.298 e. The van der Waals surface area contributed by atoms with Gasteiger partial charge in [-0.2, -0.15) is 0 Å². The van der Waals surface area contributed by atoms with Crippen molar-refractivity contribution >= 4 is 27.7 Å². The Morgan fingerprint density at radius 1 is 1.36 bits per heavy atom. The van der Waals surface area contributed by atoms with Crippen LogP contribution in [0, 0.1) is 6.92 Å². The van der Waals surface area contributed by atoms with Gasteiger partial charge in [-0.3, -0.25) is 4.79 Å². The Morgan fingerprint density at radius 2 is 1.93 bits per heavy atom. The molecule has 1 aromatic rings. The smallest absolute Gasteiger partial charge is 0.175 e. The molecule has 1 rings (SSSR count). The van der Waals surface area contributed by atoms with Crippen LogP contribution < -0.4 is 0 Å². The lowest BCUT2D eigenvalue weighted by molar-refractivity contribution is 0.112. The number of carbonyl (C=O) groups is 1. The van der Waals surface area contributed by atoms with Crippen LogP contribution in [-0.4, -0.2) is 21.0 Å².